The molecule has 13 heteroatoms. The molecule has 238 valence electrons. The summed E-state index contributed by atoms with van der Waals surface area (Å²) in [5.41, 5.74) is -2.30. The van der Waals surface area contributed by atoms with Crippen LogP contribution in [0.25, 0.3) is 0 Å². The number of anilines is 2. The molecule has 1 aromatic heterocycles. The van der Waals surface area contributed by atoms with E-state index in [1.54, 1.807) is 67.6 Å². The van der Waals surface area contributed by atoms with Crippen molar-refractivity contribution in [1.29, 1.82) is 0 Å². The highest BCUT2D eigenvalue weighted by Gasteiger charge is 2.47. The molecule has 0 saturated heterocycles. The zero-order valence-corrected chi connectivity index (χ0v) is 24.5. The number of carbonyl (C=O) groups is 3. The first-order chi connectivity index (χ1) is 21.9. The number of aliphatic carboxylic acids is 1. The number of ether oxygens (including phenoxy) is 1. The SMILES string of the molecule is C[C@@]1(CC(=O)O)C[C@@H](C(=O)Nc2ccccc2)n2c1ncc(N(Cc1cccc(C(F)(F)F)c1)C(=O)OCc1ccccc1)c2=O. The van der Waals surface area contributed by atoms with Gasteiger partial charge in [0.15, 0.2) is 0 Å². The second-order valence-electron chi connectivity index (χ2n) is 11.2. The fourth-order valence-electron chi connectivity index (χ4n) is 5.51. The van der Waals surface area contributed by atoms with Gasteiger partial charge >= 0.3 is 18.2 Å². The van der Waals surface area contributed by atoms with E-state index in [4.69, 9.17) is 4.74 Å². The molecule has 46 heavy (non-hydrogen) atoms. The first kappa shape index (κ1) is 31.9. The van der Waals surface area contributed by atoms with Gasteiger partial charge in [-0.15, -0.1) is 0 Å². The highest BCUT2D eigenvalue weighted by Crippen LogP contribution is 2.42. The molecular formula is C33H29F3N4O6. The van der Waals surface area contributed by atoms with Crippen molar-refractivity contribution in [2.45, 2.75) is 50.6 Å². The third-order valence-corrected chi connectivity index (χ3v) is 7.67. The Hall–Kier alpha value is -5.46. The standard InChI is InChI=1S/C33H29F3N4O6/c1-32(17-27(41)42)16-25(28(43)38-24-13-6-3-7-14-24)40-29(44)26(18-37-30(32)40)39(31(45)46-20-21-9-4-2-5-10-21)19-22-11-8-12-23(15-22)33(34,35)36/h2-15,18,25H,16-17,19-20H2,1H3,(H,38,43)(H,41,42)/t25-,32-/m0/s1. The number of benzene rings is 3. The number of aromatic nitrogens is 2. The molecule has 4 aromatic rings. The molecule has 0 unspecified atom stereocenters. The van der Waals surface area contributed by atoms with Crippen molar-refractivity contribution in [2.75, 3.05) is 10.2 Å². The Morgan fingerprint density at radius 2 is 1.67 bits per heavy atom. The summed E-state index contributed by atoms with van der Waals surface area (Å²) in [5.74, 6) is -1.76. The molecule has 2 heterocycles. The van der Waals surface area contributed by atoms with Crippen LogP contribution in [0.2, 0.25) is 0 Å². The Labute approximate surface area is 261 Å². The maximum absolute atomic E-state index is 14.2. The number of carboxylic acid groups (broad SMARTS) is 1. The van der Waals surface area contributed by atoms with Gasteiger partial charge < -0.3 is 15.2 Å². The molecule has 0 aliphatic carbocycles. The number of fused-ring (bicyclic) bond motifs is 1. The quantitative estimate of drug-likeness (QED) is 0.234. The van der Waals surface area contributed by atoms with Gasteiger partial charge in [0.05, 0.1) is 24.7 Å². The molecule has 2 N–H and O–H groups in total. The third kappa shape index (κ3) is 6.93. The lowest BCUT2D eigenvalue weighted by Gasteiger charge is -2.24. The van der Waals surface area contributed by atoms with Crippen LogP contribution in [0, 0.1) is 0 Å². The van der Waals surface area contributed by atoms with E-state index in [1.807, 2.05) is 0 Å². The lowest BCUT2D eigenvalue weighted by molar-refractivity contribution is -0.139. The lowest BCUT2D eigenvalue weighted by atomic mass is 9.83. The summed E-state index contributed by atoms with van der Waals surface area (Å²) in [6, 6.07) is 20.1. The normalized spacial score (nSPS) is 17.2. The molecular weight excluding hydrogens is 605 g/mol. The van der Waals surface area contributed by atoms with Crippen molar-refractivity contribution in [3.63, 3.8) is 0 Å². The average Bonchev–Trinajstić information content (AvgIpc) is 3.32. The van der Waals surface area contributed by atoms with Crippen molar-refractivity contribution in [2.24, 2.45) is 0 Å². The van der Waals surface area contributed by atoms with Crippen LogP contribution in [-0.4, -0.2) is 32.6 Å². The second-order valence-corrected chi connectivity index (χ2v) is 11.2. The van der Waals surface area contributed by atoms with Crippen molar-refractivity contribution >= 4 is 29.3 Å². The molecule has 3 aromatic carbocycles. The van der Waals surface area contributed by atoms with E-state index in [1.165, 1.54) is 12.1 Å². The van der Waals surface area contributed by atoms with Crippen LogP contribution >= 0.6 is 0 Å². The number of carbonyl (C=O) groups excluding carboxylic acids is 2. The summed E-state index contributed by atoms with van der Waals surface area (Å²) in [5, 5.41) is 12.4. The van der Waals surface area contributed by atoms with E-state index in [-0.39, 0.29) is 30.1 Å². The van der Waals surface area contributed by atoms with Crippen LogP contribution in [0.5, 0.6) is 0 Å². The van der Waals surface area contributed by atoms with E-state index in [0.29, 0.717) is 11.3 Å². The zero-order chi connectivity index (χ0) is 33.1. The summed E-state index contributed by atoms with van der Waals surface area (Å²) >= 11 is 0. The third-order valence-electron chi connectivity index (χ3n) is 7.67. The van der Waals surface area contributed by atoms with Gasteiger partial charge in [-0.2, -0.15) is 13.2 Å². The summed E-state index contributed by atoms with van der Waals surface area (Å²) in [7, 11) is 0. The Morgan fingerprint density at radius 1 is 1.02 bits per heavy atom. The number of nitrogens with zero attached hydrogens (tertiary/aromatic N) is 3. The van der Waals surface area contributed by atoms with Crippen molar-refractivity contribution in [3.05, 3.63) is 124 Å². The summed E-state index contributed by atoms with van der Waals surface area (Å²) in [4.78, 5) is 58.3. The molecule has 1 aliphatic heterocycles. The van der Waals surface area contributed by atoms with E-state index < -0.39 is 59.7 Å². The lowest BCUT2D eigenvalue weighted by Crippen LogP contribution is -2.39. The highest BCUT2D eigenvalue weighted by molar-refractivity contribution is 5.94. The molecule has 0 saturated carbocycles. The Kier molecular flexibility index (Phi) is 8.94. The number of amides is 2. The van der Waals surface area contributed by atoms with Gasteiger partial charge in [-0.3, -0.25) is 23.9 Å². The summed E-state index contributed by atoms with van der Waals surface area (Å²) in [6.07, 6.45) is -5.17. The minimum Gasteiger partial charge on any atom is -0.481 e. The van der Waals surface area contributed by atoms with E-state index in [9.17, 15) is 37.5 Å². The van der Waals surface area contributed by atoms with Crippen LogP contribution in [0.15, 0.2) is 95.9 Å². The molecule has 0 bridgehead atoms. The van der Waals surface area contributed by atoms with Gasteiger partial charge in [0.1, 0.15) is 24.2 Å². The number of alkyl halides is 3. The van der Waals surface area contributed by atoms with Crippen LogP contribution in [0.1, 0.15) is 48.3 Å². The molecule has 0 fully saturated rings. The number of rotatable bonds is 9. The Bertz CT molecular complexity index is 1810. The molecule has 5 rings (SSSR count). The smallest absolute Gasteiger partial charge is 0.416 e. The molecule has 2 amide bonds. The fraction of sp³-hybridized carbons (Fsp3) is 0.242. The minimum absolute atomic E-state index is 0.0218. The maximum atomic E-state index is 14.2. The molecule has 1 aliphatic rings. The van der Waals surface area contributed by atoms with Crippen LogP contribution < -0.4 is 15.8 Å². The summed E-state index contributed by atoms with van der Waals surface area (Å²) < 4.78 is 47.0. The first-order valence-electron chi connectivity index (χ1n) is 14.2. The van der Waals surface area contributed by atoms with Crippen molar-refractivity contribution in [1.82, 2.24) is 9.55 Å². The predicted octanol–water partition coefficient (Wildman–Crippen LogP) is 5.92. The van der Waals surface area contributed by atoms with E-state index >= 15 is 0 Å². The Balaban J connectivity index is 1.58. The van der Waals surface area contributed by atoms with Crippen LogP contribution in [0.3, 0.4) is 0 Å². The first-order valence-corrected chi connectivity index (χ1v) is 14.2. The fourth-order valence-corrected chi connectivity index (χ4v) is 5.51. The Morgan fingerprint density at radius 3 is 2.33 bits per heavy atom. The van der Waals surface area contributed by atoms with Gasteiger partial charge in [0.25, 0.3) is 5.56 Å². The number of para-hydroxylation sites is 1. The van der Waals surface area contributed by atoms with Crippen molar-refractivity contribution < 1.29 is 37.4 Å². The minimum atomic E-state index is -4.66. The number of hydrogen-bond acceptors (Lipinski definition) is 6. The monoisotopic (exact) mass is 634 g/mol. The number of nitrogens with one attached hydrogen (secondary N) is 1. The highest BCUT2D eigenvalue weighted by atomic mass is 19.4. The van der Waals surface area contributed by atoms with Crippen LogP contribution in [0.4, 0.5) is 29.3 Å². The van der Waals surface area contributed by atoms with Gasteiger partial charge in [0.2, 0.25) is 5.91 Å². The van der Waals surface area contributed by atoms with Gasteiger partial charge in [-0.25, -0.2) is 9.78 Å². The van der Waals surface area contributed by atoms with Crippen molar-refractivity contribution in [3.8, 4) is 0 Å². The van der Waals surface area contributed by atoms with Gasteiger partial charge in [0, 0.05) is 11.1 Å². The second kappa shape index (κ2) is 12.9. The van der Waals surface area contributed by atoms with Gasteiger partial charge in [-0.05, 0) is 41.8 Å². The summed E-state index contributed by atoms with van der Waals surface area (Å²) in [6.45, 7) is 0.877. The number of halogens is 3. The molecule has 10 nitrogen and oxygen atoms in total. The largest absolute Gasteiger partial charge is 0.481 e. The zero-order valence-electron chi connectivity index (χ0n) is 24.5. The molecule has 0 radical (unpaired) electrons. The maximum Gasteiger partial charge on any atom is 0.416 e. The average molecular weight is 635 g/mol. The number of carboxylic acids is 1. The molecule has 2 atom stereocenters. The number of hydrogen-bond donors (Lipinski definition) is 2. The predicted molar refractivity (Wildman–Crippen MR) is 161 cm³/mol. The topological polar surface area (TPSA) is 131 Å². The van der Waals surface area contributed by atoms with Crippen LogP contribution in [-0.2, 0) is 39.1 Å². The molecule has 0 spiro atoms. The van der Waals surface area contributed by atoms with E-state index in [0.717, 1.165) is 27.8 Å². The van der Waals surface area contributed by atoms with E-state index in [2.05, 4.69) is 10.3 Å². The van der Waals surface area contributed by atoms with Gasteiger partial charge in [-0.1, -0.05) is 67.6 Å².